The molecule has 18 heavy (non-hydrogen) atoms. The van der Waals surface area contributed by atoms with Crippen LogP contribution < -0.4 is 4.72 Å². The van der Waals surface area contributed by atoms with Gasteiger partial charge < -0.3 is 4.42 Å². The Balaban J connectivity index is 2.10. The Kier molecular flexibility index (Phi) is 3.65. The topological polar surface area (TPSA) is 85.1 Å². The van der Waals surface area contributed by atoms with Crippen molar-refractivity contribution >= 4 is 21.6 Å². The van der Waals surface area contributed by atoms with Crippen molar-refractivity contribution in [2.75, 3.05) is 0 Å². The second-order valence-corrected chi connectivity index (χ2v) is 5.66. The first-order chi connectivity index (χ1) is 8.47. The van der Waals surface area contributed by atoms with Crippen molar-refractivity contribution in [3.8, 4) is 0 Å². The lowest BCUT2D eigenvalue weighted by molar-refractivity contribution is 0.463. The van der Waals surface area contributed by atoms with Crippen LogP contribution >= 0.6 is 11.6 Å². The maximum Gasteiger partial charge on any atom is 0.242 e. The Hall–Kier alpha value is -1.44. The molecule has 0 aliphatic heterocycles. The van der Waals surface area contributed by atoms with E-state index in [2.05, 4.69) is 14.7 Å². The Morgan fingerprint density at radius 1 is 1.33 bits per heavy atom. The maximum absolute atomic E-state index is 11.9. The van der Waals surface area contributed by atoms with Crippen LogP contribution in [0.4, 0.5) is 0 Å². The zero-order valence-electron chi connectivity index (χ0n) is 9.42. The van der Waals surface area contributed by atoms with Crippen LogP contribution in [-0.4, -0.2) is 18.4 Å². The van der Waals surface area contributed by atoms with Crippen molar-refractivity contribution in [1.29, 1.82) is 0 Å². The van der Waals surface area contributed by atoms with E-state index in [1.54, 1.807) is 6.92 Å². The molecule has 0 fully saturated rings. The number of halogens is 1. The highest BCUT2D eigenvalue weighted by atomic mass is 35.5. The molecule has 0 amide bonds. The van der Waals surface area contributed by atoms with Crippen LogP contribution in [0.2, 0.25) is 5.15 Å². The molecule has 0 aliphatic carbocycles. The van der Waals surface area contributed by atoms with Gasteiger partial charge in [0.15, 0.2) is 0 Å². The first-order valence-electron chi connectivity index (χ1n) is 5.00. The molecule has 2 aromatic heterocycles. The fraction of sp³-hybridized carbons (Fsp3) is 0.200. The molecule has 0 spiro atoms. The first-order valence-corrected chi connectivity index (χ1v) is 6.86. The van der Waals surface area contributed by atoms with E-state index in [0.29, 0.717) is 11.7 Å². The van der Waals surface area contributed by atoms with Crippen LogP contribution in [-0.2, 0) is 16.6 Å². The summed E-state index contributed by atoms with van der Waals surface area (Å²) in [6.07, 6.45) is 2.71. The Labute approximate surface area is 109 Å². The highest BCUT2D eigenvalue weighted by molar-refractivity contribution is 7.89. The zero-order chi connectivity index (χ0) is 13.2. The van der Waals surface area contributed by atoms with E-state index < -0.39 is 10.0 Å². The van der Waals surface area contributed by atoms with Crippen molar-refractivity contribution in [3.05, 3.63) is 41.3 Å². The quantitative estimate of drug-likeness (QED) is 0.862. The zero-order valence-corrected chi connectivity index (χ0v) is 11.0. The van der Waals surface area contributed by atoms with E-state index in [-0.39, 0.29) is 16.6 Å². The minimum absolute atomic E-state index is 0.0151. The molecule has 6 nitrogen and oxygen atoms in total. The molecule has 2 aromatic rings. The number of nitrogens with one attached hydrogen (secondary N) is 1. The minimum Gasteiger partial charge on any atom is -0.445 e. The Bertz CT molecular complexity index is 637. The predicted octanol–water partition coefficient (Wildman–Crippen LogP) is 1.51. The highest BCUT2D eigenvalue weighted by Crippen LogP contribution is 2.11. The lowest BCUT2D eigenvalue weighted by Gasteiger charge is -2.04. The SMILES string of the molecule is Cc1cnc(CNS(=O)(=O)c2ccc(Cl)nc2)o1. The number of hydrogen-bond acceptors (Lipinski definition) is 5. The molecule has 0 saturated carbocycles. The summed E-state index contributed by atoms with van der Waals surface area (Å²) >= 11 is 5.59. The molecule has 0 radical (unpaired) electrons. The van der Waals surface area contributed by atoms with Crippen LogP contribution in [0.3, 0.4) is 0 Å². The van der Waals surface area contributed by atoms with E-state index in [1.165, 1.54) is 24.5 Å². The van der Waals surface area contributed by atoms with Crippen molar-refractivity contribution < 1.29 is 12.8 Å². The molecule has 1 N–H and O–H groups in total. The van der Waals surface area contributed by atoms with Crippen molar-refractivity contribution in [2.24, 2.45) is 0 Å². The summed E-state index contributed by atoms with van der Waals surface area (Å²) in [4.78, 5) is 7.65. The first kappa shape index (κ1) is 13.0. The summed E-state index contributed by atoms with van der Waals surface area (Å²) in [6, 6.07) is 2.78. The number of aryl methyl sites for hydroxylation is 1. The molecule has 2 heterocycles. The molecule has 0 aromatic carbocycles. The number of pyridine rings is 1. The van der Waals surface area contributed by atoms with Gasteiger partial charge in [0.25, 0.3) is 0 Å². The molecule has 0 bridgehead atoms. The third-order valence-electron chi connectivity index (χ3n) is 2.09. The van der Waals surface area contributed by atoms with Crippen LogP contribution in [0.1, 0.15) is 11.7 Å². The molecule has 0 aliphatic rings. The van der Waals surface area contributed by atoms with Gasteiger partial charge in [-0.25, -0.2) is 23.1 Å². The van der Waals surface area contributed by atoms with Crippen LogP contribution in [0.5, 0.6) is 0 Å². The number of hydrogen-bond donors (Lipinski definition) is 1. The van der Waals surface area contributed by atoms with Gasteiger partial charge in [-0.1, -0.05) is 11.6 Å². The summed E-state index contributed by atoms with van der Waals surface area (Å²) in [5.74, 6) is 0.926. The van der Waals surface area contributed by atoms with E-state index in [0.717, 1.165) is 0 Å². The van der Waals surface area contributed by atoms with Gasteiger partial charge in [-0.3, -0.25) is 0 Å². The van der Waals surface area contributed by atoms with Crippen LogP contribution in [0, 0.1) is 6.92 Å². The fourth-order valence-electron chi connectivity index (χ4n) is 1.24. The second kappa shape index (κ2) is 5.05. The Morgan fingerprint density at radius 3 is 2.67 bits per heavy atom. The van der Waals surface area contributed by atoms with Gasteiger partial charge in [-0.05, 0) is 19.1 Å². The van der Waals surface area contributed by atoms with Gasteiger partial charge in [0, 0.05) is 6.20 Å². The van der Waals surface area contributed by atoms with E-state index in [4.69, 9.17) is 16.0 Å². The molecule has 2 rings (SSSR count). The molecule has 96 valence electrons. The molecular weight excluding hydrogens is 278 g/mol. The third-order valence-corrected chi connectivity index (χ3v) is 3.70. The van der Waals surface area contributed by atoms with E-state index in [1.807, 2.05) is 0 Å². The van der Waals surface area contributed by atoms with Crippen LogP contribution in [0.15, 0.2) is 33.8 Å². The smallest absolute Gasteiger partial charge is 0.242 e. The highest BCUT2D eigenvalue weighted by Gasteiger charge is 2.15. The lowest BCUT2D eigenvalue weighted by atomic mass is 10.5. The largest absolute Gasteiger partial charge is 0.445 e. The monoisotopic (exact) mass is 287 g/mol. The van der Waals surface area contributed by atoms with E-state index in [9.17, 15) is 8.42 Å². The minimum atomic E-state index is -3.64. The number of nitrogens with zero attached hydrogens (tertiary/aromatic N) is 2. The molecule has 0 atom stereocenters. The van der Waals surface area contributed by atoms with Crippen LogP contribution in [0.25, 0.3) is 0 Å². The molecular formula is C10H10ClN3O3S. The predicted molar refractivity (Wildman–Crippen MR) is 64.5 cm³/mol. The molecule has 0 saturated heterocycles. The number of oxazole rings is 1. The number of rotatable bonds is 4. The van der Waals surface area contributed by atoms with Gasteiger partial charge in [0.2, 0.25) is 15.9 Å². The summed E-state index contributed by atoms with van der Waals surface area (Å²) < 4.78 is 31.2. The van der Waals surface area contributed by atoms with Gasteiger partial charge in [-0.2, -0.15) is 0 Å². The van der Waals surface area contributed by atoms with Gasteiger partial charge >= 0.3 is 0 Å². The summed E-state index contributed by atoms with van der Waals surface area (Å²) in [6.45, 7) is 1.72. The fourth-order valence-corrected chi connectivity index (χ4v) is 2.28. The standard InChI is InChI=1S/C10H10ClN3O3S/c1-7-4-13-10(17-7)6-14-18(15,16)8-2-3-9(11)12-5-8/h2-5,14H,6H2,1H3. The average Bonchev–Trinajstić information content (AvgIpc) is 2.73. The van der Waals surface area contributed by atoms with Gasteiger partial charge in [0.1, 0.15) is 15.8 Å². The second-order valence-electron chi connectivity index (χ2n) is 3.51. The summed E-state index contributed by atoms with van der Waals surface area (Å²) in [5, 5.41) is 0.234. The summed E-state index contributed by atoms with van der Waals surface area (Å²) in [7, 11) is -3.64. The number of aromatic nitrogens is 2. The Morgan fingerprint density at radius 2 is 2.11 bits per heavy atom. The molecule has 0 unspecified atom stereocenters. The lowest BCUT2D eigenvalue weighted by Crippen LogP contribution is -2.23. The van der Waals surface area contributed by atoms with E-state index >= 15 is 0 Å². The normalized spacial score (nSPS) is 11.7. The third kappa shape index (κ3) is 3.06. The summed E-state index contributed by atoms with van der Waals surface area (Å²) in [5.41, 5.74) is 0. The van der Waals surface area contributed by atoms with Gasteiger partial charge in [-0.15, -0.1) is 0 Å². The van der Waals surface area contributed by atoms with Gasteiger partial charge in [0.05, 0.1) is 12.7 Å². The van der Waals surface area contributed by atoms with Crippen molar-refractivity contribution in [1.82, 2.24) is 14.7 Å². The average molecular weight is 288 g/mol. The molecule has 8 heteroatoms. The van der Waals surface area contributed by atoms with Crippen molar-refractivity contribution in [2.45, 2.75) is 18.4 Å². The van der Waals surface area contributed by atoms with Crippen molar-refractivity contribution in [3.63, 3.8) is 0 Å². The number of sulfonamides is 1. The maximum atomic E-state index is 11.9.